The average molecular weight is 286 g/mol. The second kappa shape index (κ2) is 7.05. The summed E-state index contributed by atoms with van der Waals surface area (Å²) >= 11 is 3.61. The van der Waals surface area contributed by atoms with Crippen LogP contribution in [0.1, 0.15) is 24.8 Å². The van der Waals surface area contributed by atoms with Crippen LogP contribution in [-0.4, -0.2) is 26.8 Å². The van der Waals surface area contributed by atoms with Crippen molar-refractivity contribution < 1.29 is 4.74 Å². The Morgan fingerprint density at radius 2 is 2.06 bits per heavy atom. The summed E-state index contributed by atoms with van der Waals surface area (Å²) < 4.78 is 6.52. The molecule has 0 heterocycles. The van der Waals surface area contributed by atoms with Crippen molar-refractivity contribution in [3.63, 3.8) is 0 Å². The largest absolute Gasteiger partial charge is 0.382 e. The van der Waals surface area contributed by atoms with Crippen molar-refractivity contribution in [1.29, 1.82) is 0 Å². The summed E-state index contributed by atoms with van der Waals surface area (Å²) in [5.74, 6) is 0.482. The van der Waals surface area contributed by atoms with Crippen molar-refractivity contribution >= 4 is 15.9 Å². The van der Waals surface area contributed by atoms with Crippen molar-refractivity contribution in [2.24, 2.45) is 0 Å². The lowest BCUT2D eigenvalue weighted by molar-refractivity contribution is 0.104. The zero-order chi connectivity index (χ0) is 12.0. The van der Waals surface area contributed by atoms with E-state index in [-0.39, 0.29) is 6.10 Å². The molecule has 3 heteroatoms. The number of methoxy groups -OCH3 is 1. The van der Waals surface area contributed by atoms with Crippen molar-refractivity contribution in [2.75, 3.05) is 20.7 Å². The third-order valence-electron chi connectivity index (χ3n) is 2.81. The van der Waals surface area contributed by atoms with Gasteiger partial charge in [-0.25, -0.2) is 0 Å². The van der Waals surface area contributed by atoms with Crippen molar-refractivity contribution in [3.8, 4) is 0 Å². The summed E-state index contributed by atoms with van der Waals surface area (Å²) in [5, 5.41) is 3.25. The summed E-state index contributed by atoms with van der Waals surface area (Å²) in [6.07, 6.45) is 1.31. The Morgan fingerprint density at radius 3 is 2.62 bits per heavy atom. The van der Waals surface area contributed by atoms with Crippen LogP contribution in [0.5, 0.6) is 0 Å². The molecule has 1 aromatic rings. The second-order valence-electron chi connectivity index (χ2n) is 4.06. The number of ether oxygens (including phenoxy) is 1. The quantitative estimate of drug-likeness (QED) is 0.867. The molecule has 1 rings (SSSR count). The molecule has 0 saturated carbocycles. The molecular weight excluding hydrogens is 266 g/mol. The minimum Gasteiger partial charge on any atom is -0.382 e. The van der Waals surface area contributed by atoms with Gasteiger partial charge in [-0.2, -0.15) is 0 Å². The van der Waals surface area contributed by atoms with Gasteiger partial charge in [0, 0.05) is 18.1 Å². The maximum Gasteiger partial charge on any atom is 0.0549 e. The molecule has 1 aromatic carbocycles. The van der Waals surface area contributed by atoms with Gasteiger partial charge in [0.25, 0.3) is 0 Å². The highest BCUT2D eigenvalue weighted by molar-refractivity contribution is 9.10. The topological polar surface area (TPSA) is 21.3 Å². The van der Waals surface area contributed by atoms with Crippen LogP contribution in [0.2, 0.25) is 0 Å². The SMILES string of the molecule is CNCC(CC(C)OC)c1ccccc1Br. The maximum atomic E-state index is 5.35. The summed E-state index contributed by atoms with van der Waals surface area (Å²) in [6, 6.07) is 8.40. The molecule has 0 aromatic heterocycles. The van der Waals surface area contributed by atoms with E-state index >= 15 is 0 Å². The van der Waals surface area contributed by atoms with E-state index in [4.69, 9.17) is 4.74 Å². The monoisotopic (exact) mass is 285 g/mol. The molecule has 1 N–H and O–H groups in total. The first-order chi connectivity index (χ1) is 7.69. The van der Waals surface area contributed by atoms with E-state index in [1.807, 2.05) is 13.1 Å². The van der Waals surface area contributed by atoms with Gasteiger partial charge in [-0.05, 0) is 37.9 Å². The number of nitrogens with one attached hydrogen (secondary N) is 1. The van der Waals surface area contributed by atoms with E-state index in [2.05, 4.69) is 46.4 Å². The number of likely N-dealkylation sites (N-methyl/N-ethyl adjacent to an activating group) is 1. The van der Waals surface area contributed by atoms with Gasteiger partial charge in [0.05, 0.1) is 6.10 Å². The van der Waals surface area contributed by atoms with Crippen LogP contribution in [0.25, 0.3) is 0 Å². The molecule has 0 spiro atoms. The molecule has 90 valence electrons. The first-order valence-corrected chi connectivity index (χ1v) is 6.40. The molecule has 0 saturated heterocycles. The zero-order valence-electron chi connectivity index (χ0n) is 10.2. The predicted molar refractivity (Wildman–Crippen MR) is 71.9 cm³/mol. The van der Waals surface area contributed by atoms with Crippen LogP contribution < -0.4 is 5.32 Å². The lowest BCUT2D eigenvalue weighted by atomic mass is 9.93. The third kappa shape index (κ3) is 3.89. The van der Waals surface area contributed by atoms with Crippen LogP contribution >= 0.6 is 15.9 Å². The van der Waals surface area contributed by atoms with E-state index in [1.54, 1.807) is 7.11 Å². The molecule has 0 aliphatic heterocycles. The Hall–Kier alpha value is -0.380. The molecule has 0 bridgehead atoms. The smallest absolute Gasteiger partial charge is 0.0549 e. The average Bonchev–Trinajstić information content (AvgIpc) is 2.29. The minimum absolute atomic E-state index is 0.283. The lowest BCUT2D eigenvalue weighted by Gasteiger charge is -2.21. The van der Waals surface area contributed by atoms with Crippen LogP contribution in [0.4, 0.5) is 0 Å². The second-order valence-corrected chi connectivity index (χ2v) is 4.91. The van der Waals surface area contributed by atoms with Crippen LogP contribution in [0, 0.1) is 0 Å². The predicted octanol–water partition coefficient (Wildman–Crippen LogP) is 3.18. The highest BCUT2D eigenvalue weighted by Gasteiger charge is 2.16. The fourth-order valence-corrected chi connectivity index (χ4v) is 2.48. The molecule has 0 amide bonds. The van der Waals surface area contributed by atoms with Crippen molar-refractivity contribution in [2.45, 2.75) is 25.4 Å². The first-order valence-electron chi connectivity index (χ1n) is 5.60. The molecule has 0 fully saturated rings. The summed E-state index contributed by atoms with van der Waals surface area (Å²) in [7, 11) is 3.75. The molecule has 0 aliphatic carbocycles. The Kier molecular flexibility index (Phi) is 6.03. The summed E-state index contributed by atoms with van der Waals surface area (Å²) in [4.78, 5) is 0. The highest BCUT2D eigenvalue weighted by atomic mass is 79.9. The molecule has 2 atom stereocenters. The number of rotatable bonds is 6. The van der Waals surface area contributed by atoms with Gasteiger partial charge in [0.1, 0.15) is 0 Å². The minimum atomic E-state index is 0.283. The summed E-state index contributed by atoms with van der Waals surface area (Å²) in [6.45, 7) is 3.08. The molecule has 2 unspecified atom stereocenters. The molecule has 2 nitrogen and oxygen atoms in total. The lowest BCUT2D eigenvalue weighted by Crippen LogP contribution is -2.22. The number of hydrogen-bond donors (Lipinski definition) is 1. The van der Waals surface area contributed by atoms with Gasteiger partial charge in [0.2, 0.25) is 0 Å². The van der Waals surface area contributed by atoms with Crippen LogP contribution in [0.3, 0.4) is 0 Å². The Bertz CT molecular complexity index is 317. The zero-order valence-corrected chi connectivity index (χ0v) is 11.8. The Labute approximate surface area is 107 Å². The molecule has 16 heavy (non-hydrogen) atoms. The van der Waals surface area contributed by atoms with Gasteiger partial charge in [0.15, 0.2) is 0 Å². The standard InChI is InChI=1S/C13H20BrNO/c1-10(16-3)8-11(9-15-2)12-6-4-5-7-13(12)14/h4-7,10-11,15H,8-9H2,1-3H3. The normalized spacial score (nSPS) is 14.8. The van der Waals surface area contributed by atoms with Gasteiger partial charge in [-0.3, -0.25) is 0 Å². The Morgan fingerprint density at radius 1 is 1.38 bits per heavy atom. The fraction of sp³-hybridized carbons (Fsp3) is 0.538. The molecular formula is C13H20BrNO. The van der Waals surface area contributed by atoms with Gasteiger partial charge in [-0.15, -0.1) is 0 Å². The van der Waals surface area contributed by atoms with Gasteiger partial charge >= 0.3 is 0 Å². The van der Waals surface area contributed by atoms with E-state index in [1.165, 1.54) is 10.0 Å². The van der Waals surface area contributed by atoms with E-state index in [0.717, 1.165) is 13.0 Å². The first kappa shape index (κ1) is 13.7. The number of hydrogen-bond acceptors (Lipinski definition) is 2. The van der Waals surface area contributed by atoms with Crippen LogP contribution in [0.15, 0.2) is 28.7 Å². The van der Waals surface area contributed by atoms with E-state index in [9.17, 15) is 0 Å². The molecule has 0 radical (unpaired) electrons. The van der Waals surface area contributed by atoms with Gasteiger partial charge in [-0.1, -0.05) is 34.1 Å². The Balaban J connectivity index is 2.80. The van der Waals surface area contributed by atoms with E-state index in [0.29, 0.717) is 5.92 Å². The summed E-state index contributed by atoms with van der Waals surface area (Å²) in [5.41, 5.74) is 1.35. The number of benzene rings is 1. The molecule has 0 aliphatic rings. The van der Waals surface area contributed by atoms with E-state index < -0.39 is 0 Å². The highest BCUT2D eigenvalue weighted by Crippen LogP contribution is 2.28. The third-order valence-corrected chi connectivity index (χ3v) is 3.54. The van der Waals surface area contributed by atoms with Gasteiger partial charge < -0.3 is 10.1 Å². The van der Waals surface area contributed by atoms with Crippen LogP contribution in [-0.2, 0) is 4.74 Å². The van der Waals surface area contributed by atoms with Crippen molar-refractivity contribution in [3.05, 3.63) is 34.3 Å². The maximum absolute atomic E-state index is 5.35. The fourth-order valence-electron chi connectivity index (χ4n) is 1.87. The number of halogens is 1. The van der Waals surface area contributed by atoms with Crippen molar-refractivity contribution in [1.82, 2.24) is 5.32 Å².